The topological polar surface area (TPSA) is 55.5 Å². The predicted molar refractivity (Wildman–Crippen MR) is 53.0 cm³/mol. The highest BCUT2D eigenvalue weighted by atomic mass is 35.5. The average molecular weight is 197 g/mol. The van der Waals surface area contributed by atoms with Crippen LogP contribution in [0.5, 0.6) is 0 Å². The van der Waals surface area contributed by atoms with Crippen LogP contribution in [0.4, 0.5) is 5.69 Å². The molecule has 0 aromatic heterocycles. The summed E-state index contributed by atoms with van der Waals surface area (Å²) in [7, 11) is -0.872. The molecular weight excluding hydrogens is 188 g/mol. The number of rotatable bonds is 0. The largest absolute Gasteiger partial charge is 0.492 e. The van der Waals surface area contributed by atoms with E-state index in [9.17, 15) is 5.02 Å². The number of anilines is 1. The Morgan fingerprint density at radius 2 is 2.31 bits per heavy atom. The quantitative estimate of drug-likeness (QED) is 0.475. The Balaban J connectivity index is 2.64. The average Bonchev–Trinajstić information content (AvgIpc) is 2.35. The minimum absolute atomic E-state index is 0.194. The smallest absolute Gasteiger partial charge is 0.423 e. The maximum atomic E-state index is 9.45. The molecule has 1 heterocycles. The van der Waals surface area contributed by atoms with E-state index in [4.69, 9.17) is 22.0 Å². The highest BCUT2D eigenvalue weighted by molar-refractivity contribution is 6.62. The van der Waals surface area contributed by atoms with Gasteiger partial charge in [-0.25, -0.2) is 0 Å². The molecule has 1 unspecified atom stereocenters. The lowest BCUT2D eigenvalue weighted by Crippen LogP contribution is -2.28. The molecule has 0 aliphatic carbocycles. The van der Waals surface area contributed by atoms with E-state index in [1.807, 2.05) is 6.92 Å². The number of benzene rings is 1. The molecule has 68 valence electrons. The van der Waals surface area contributed by atoms with Gasteiger partial charge in [-0.3, -0.25) is 0 Å². The van der Waals surface area contributed by atoms with Crippen LogP contribution in [-0.2, 0) is 4.65 Å². The van der Waals surface area contributed by atoms with Gasteiger partial charge in [-0.15, -0.1) is 0 Å². The summed E-state index contributed by atoms with van der Waals surface area (Å²) in [5.74, 6) is 0. The Morgan fingerprint density at radius 1 is 1.62 bits per heavy atom. The molecule has 3 nitrogen and oxygen atoms in total. The molecule has 1 aromatic carbocycles. The van der Waals surface area contributed by atoms with Crippen molar-refractivity contribution in [1.82, 2.24) is 0 Å². The van der Waals surface area contributed by atoms with Crippen molar-refractivity contribution in [1.29, 1.82) is 0 Å². The summed E-state index contributed by atoms with van der Waals surface area (Å²) in [6.07, 6.45) is -0.194. The fourth-order valence-corrected chi connectivity index (χ4v) is 1.91. The number of halogens is 1. The molecular formula is C8H9BClNO2. The van der Waals surface area contributed by atoms with E-state index in [0.717, 1.165) is 5.56 Å². The van der Waals surface area contributed by atoms with E-state index in [0.29, 0.717) is 16.2 Å². The molecule has 1 aliphatic heterocycles. The van der Waals surface area contributed by atoms with Gasteiger partial charge in [0.2, 0.25) is 0 Å². The van der Waals surface area contributed by atoms with Crippen LogP contribution in [0.1, 0.15) is 18.6 Å². The molecule has 1 atom stereocenters. The Labute approximate surface area is 81.6 Å². The molecule has 0 radical (unpaired) electrons. The Bertz CT molecular complexity index is 358. The van der Waals surface area contributed by atoms with E-state index >= 15 is 0 Å². The van der Waals surface area contributed by atoms with Gasteiger partial charge in [0.05, 0.1) is 16.8 Å². The lowest BCUT2D eigenvalue weighted by atomic mass is 9.79. The van der Waals surface area contributed by atoms with Crippen LogP contribution < -0.4 is 11.2 Å². The van der Waals surface area contributed by atoms with Crippen LogP contribution in [0.2, 0.25) is 5.02 Å². The number of hydrogen-bond donors (Lipinski definition) is 2. The van der Waals surface area contributed by atoms with E-state index in [1.54, 1.807) is 12.1 Å². The molecule has 0 spiro atoms. The van der Waals surface area contributed by atoms with Gasteiger partial charge in [0.1, 0.15) is 0 Å². The predicted octanol–water partition coefficient (Wildman–Crippen LogP) is 0.701. The van der Waals surface area contributed by atoms with Gasteiger partial charge in [-0.1, -0.05) is 17.7 Å². The zero-order valence-electron chi connectivity index (χ0n) is 7.12. The molecule has 1 aliphatic rings. The standard InChI is InChI=1S/C8H9BClNO2/c1-4-7-5(9(12)13-4)2-3-6(11)8(7)10/h2-4,12H,11H2,1H3. The van der Waals surface area contributed by atoms with Crippen molar-refractivity contribution < 1.29 is 9.68 Å². The van der Waals surface area contributed by atoms with Crippen LogP contribution in [0, 0.1) is 0 Å². The van der Waals surface area contributed by atoms with Crippen molar-refractivity contribution in [3.8, 4) is 0 Å². The van der Waals surface area contributed by atoms with Crippen molar-refractivity contribution >= 4 is 29.9 Å². The summed E-state index contributed by atoms with van der Waals surface area (Å²) in [4.78, 5) is 0. The van der Waals surface area contributed by atoms with Crippen molar-refractivity contribution in [3.63, 3.8) is 0 Å². The summed E-state index contributed by atoms with van der Waals surface area (Å²) >= 11 is 5.98. The van der Waals surface area contributed by atoms with E-state index in [2.05, 4.69) is 0 Å². The molecule has 5 heteroatoms. The molecule has 0 bridgehead atoms. The first kappa shape index (κ1) is 8.87. The zero-order chi connectivity index (χ0) is 9.59. The van der Waals surface area contributed by atoms with Crippen LogP contribution in [0.3, 0.4) is 0 Å². The summed E-state index contributed by atoms with van der Waals surface area (Å²) in [5, 5.41) is 9.93. The zero-order valence-corrected chi connectivity index (χ0v) is 7.88. The van der Waals surface area contributed by atoms with Gasteiger partial charge in [-0.2, -0.15) is 0 Å². The fraction of sp³-hybridized carbons (Fsp3) is 0.250. The maximum absolute atomic E-state index is 9.45. The second-order valence-corrected chi connectivity index (χ2v) is 3.48. The summed E-state index contributed by atoms with van der Waals surface area (Å²) < 4.78 is 5.18. The van der Waals surface area contributed by atoms with Crippen LogP contribution in [-0.4, -0.2) is 12.1 Å². The van der Waals surface area contributed by atoms with Gasteiger partial charge in [0.15, 0.2) is 0 Å². The number of hydrogen-bond acceptors (Lipinski definition) is 3. The summed E-state index contributed by atoms with van der Waals surface area (Å²) in [5.41, 5.74) is 7.66. The second kappa shape index (κ2) is 2.91. The summed E-state index contributed by atoms with van der Waals surface area (Å²) in [6.45, 7) is 1.83. The molecule has 0 saturated heterocycles. The lowest BCUT2D eigenvalue weighted by molar-refractivity contribution is 0.209. The molecule has 1 aromatic rings. The molecule has 2 rings (SSSR count). The SMILES string of the molecule is CC1OB(O)c2ccc(N)c(Cl)c21. The first-order valence-corrected chi connectivity index (χ1v) is 4.40. The minimum Gasteiger partial charge on any atom is -0.423 e. The van der Waals surface area contributed by atoms with Gasteiger partial charge in [-0.05, 0) is 24.0 Å². The van der Waals surface area contributed by atoms with Crippen LogP contribution in [0.25, 0.3) is 0 Å². The maximum Gasteiger partial charge on any atom is 0.492 e. The highest BCUT2D eigenvalue weighted by Gasteiger charge is 2.34. The van der Waals surface area contributed by atoms with Crippen molar-refractivity contribution in [3.05, 3.63) is 22.7 Å². The second-order valence-electron chi connectivity index (χ2n) is 3.10. The van der Waals surface area contributed by atoms with Gasteiger partial charge in [0, 0.05) is 0 Å². The Morgan fingerprint density at radius 3 is 3.00 bits per heavy atom. The number of fused-ring (bicyclic) bond motifs is 1. The third kappa shape index (κ3) is 1.22. The monoisotopic (exact) mass is 197 g/mol. The van der Waals surface area contributed by atoms with Gasteiger partial charge < -0.3 is 15.4 Å². The number of nitrogens with two attached hydrogens (primary N) is 1. The lowest BCUT2D eigenvalue weighted by Gasteiger charge is -2.07. The Hall–Kier alpha value is -0.705. The molecule has 0 fully saturated rings. The van der Waals surface area contributed by atoms with Gasteiger partial charge >= 0.3 is 7.12 Å². The van der Waals surface area contributed by atoms with Crippen LogP contribution >= 0.6 is 11.6 Å². The first-order chi connectivity index (χ1) is 6.11. The van der Waals surface area contributed by atoms with Crippen molar-refractivity contribution in [2.24, 2.45) is 0 Å². The van der Waals surface area contributed by atoms with E-state index < -0.39 is 7.12 Å². The minimum atomic E-state index is -0.872. The van der Waals surface area contributed by atoms with Crippen molar-refractivity contribution in [2.45, 2.75) is 13.0 Å². The summed E-state index contributed by atoms with van der Waals surface area (Å²) in [6, 6.07) is 3.41. The molecule has 13 heavy (non-hydrogen) atoms. The third-order valence-electron chi connectivity index (χ3n) is 2.25. The van der Waals surface area contributed by atoms with E-state index in [-0.39, 0.29) is 6.10 Å². The van der Waals surface area contributed by atoms with Gasteiger partial charge in [0.25, 0.3) is 0 Å². The Kier molecular flexibility index (Phi) is 1.98. The molecule has 0 amide bonds. The van der Waals surface area contributed by atoms with E-state index in [1.165, 1.54) is 0 Å². The number of nitrogen functional groups attached to an aromatic ring is 1. The fourth-order valence-electron chi connectivity index (χ4n) is 1.59. The highest BCUT2D eigenvalue weighted by Crippen LogP contribution is 2.32. The molecule has 0 saturated carbocycles. The molecule has 3 N–H and O–H groups in total. The first-order valence-electron chi connectivity index (χ1n) is 4.02. The normalized spacial score (nSPS) is 20.5. The van der Waals surface area contributed by atoms with Crippen molar-refractivity contribution in [2.75, 3.05) is 5.73 Å². The van der Waals surface area contributed by atoms with Crippen LogP contribution in [0.15, 0.2) is 12.1 Å². The third-order valence-corrected chi connectivity index (χ3v) is 2.67.